The van der Waals surface area contributed by atoms with Gasteiger partial charge in [-0.05, 0) is 17.2 Å². The number of halogens is 1. The Hall–Kier alpha value is -1.49. The Labute approximate surface area is 78.8 Å². The maximum atomic E-state index is 5.52. The van der Waals surface area contributed by atoms with Crippen molar-refractivity contribution in [3.63, 3.8) is 0 Å². The molecule has 0 aromatic carbocycles. The quantitative estimate of drug-likeness (QED) is 0.673. The van der Waals surface area contributed by atoms with Gasteiger partial charge < -0.3 is 4.42 Å². The molecule has 2 aromatic heterocycles. The Balaban J connectivity index is 2.15. The maximum Gasteiger partial charge on any atom is 0.222 e. The first-order chi connectivity index (χ1) is 6.34. The van der Waals surface area contributed by atoms with Crippen LogP contribution in [0.25, 0.3) is 0 Å². The van der Waals surface area contributed by atoms with E-state index < -0.39 is 0 Å². The lowest BCUT2D eigenvalue weighted by molar-refractivity contribution is 0.504. The van der Waals surface area contributed by atoms with Gasteiger partial charge in [0.1, 0.15) is 0 Å². The van der Waals surface area contributed by atoms with Crippen LogP contribution < -0.4 is 0 Å². The average molecular weight is 197 g/mol. The molecule has 2 rings (SSSR count). The van der Waals surface area contributed by atoms with Crippen molar-refractivity contribution in [2.24, 2.45) is 0 Å². The Morgan fingerprint density at radius 1 is 1.31 bits per heavy atom. The summed E-state index contributed by atoms with van der Waals surface area (Å²) in [5.41, 5.74) is 0.883. The third kappa shape index (κ3) is 2.00. The van der Waals surface area contributed by atoms with Crippen LogP contribution in [0, 0.1) is 0 Å². The van der Waals surface area contributed by atoms with Crippen LogP contribution in [0.1, 0.15) is 11.5 Å². The Bertz CT molecular complexity index is 372. The van der Waals surface area contributed by atoms with Crippen LogP contribution >= 0.6 is 11.6 Å². The zero-order valence-corrected chi connectivity index (χ0v) is 7.27. The molecule has 2 aromatic rings. The highest BCUT2D eigenvalue weighted by Gasteiger charge is 2.01. The van der Waals surface area contributed by atoms with Gasteiger partial charge in [-0.15, -0.1) is 10.2 Å². The van der Waals surface area contributed by atoms with Crippen LogP contribution in [0.3, 0.4) is 0 Å². The SMILES string of the molecule is Clc1ncc(Cc2nnco2)cn1. The minimum atomic E-state index is 0.231. The molecule has 0 aliphatic heterocycles. The second-order valence-electron chi connectivity index (χ2n) is 2.37. The zero-order valence-electron chi connectivity index (χ0n) is 6.51. The van der Waals surface area contributed by atoms with E-state index in [1.54, 1.807) is 12.4 Å². The van der Waals surface area contributed by atoms with E-state index in [2.05, 4.69) is 20.2 Å². The lowest BCUT2D eigenvalue weighted by atomic mass is 10.2. The van der Waals surface area contributed by atoms with Gasteiger partial charge in [0.05, 0.1) is 6.42 Å². The normalized spacial score (nSPS) is 10.2. The standard InChI is InChI=1S/C7H5ClN4O/c8-7-9-2-5(3-10-7)1-6-12-11-4-13-6/h2-4H,1H2. The molecule has 0 saturated carbocycles. The van der Waals surface area contributed by atoms with Gasteiger partial charge in [0.25, 0.3) is 0 Å². The fraction of sp³-hybridized carbons (Fsp3) is 0.143. The molecule has 0 aliphatic carbocycles. The molecular formula is C7H5ClN4O. The van der Waals surface area contributed by atoms with Gasteiger partial charge in [0.2, 0.25) is 17.6 Å². The highest BCUT2D eigenvalue weighted by Crippen LogP contribution is 2.05. The molecule has 0 radical (unpaired) electrons. The predicted octanol–water partition coefficient (Wildman–Crippen LogP) is 1.10. The largest absolute Gasteiger partial charge is 0.428 e. The van der Waals surface area contributed by atoms with Gasteiger partial charge in [-0.3, -0.25) is 0 Å². The topological polar surface area (TPSA) is 64.7 Å². The van der Waals surface area contributed by atoms with Gasteiger partial charge in [-0.25, -0.2) is 9.97 Å². The molecule has 0 aliphatic rings. The summed E-state index contributed by atoms with van der Waals surface area (Å²) in [4.78, 5) is 7.65. The van der Waals surface area contributed by atoms with E-state index >= 15 is 0 Å². The second-order valence-corrected chi connectivity index (χ2v) is 2.71. The summed E-state index contributed by atoms with van der Waals surface area (Å²) in [6, 6.07) is 0. The number of hydrogen-bond acceptors (Lipinski definition) is 5. The monoisotopic (exact) mass is 196 g/mol. The summed E-state index contributed by atoms with van der Waals surface area (Å²) in [6.07, 6.45) is 5.06. The predicted molar refractivity (Wildman–Crippen MR) is 44.1 cm³/mol. The lowest BCUT2D eigenvalue weighted by Gasteiger charge is -1.94. The lowest BCUT2D eigenvalue weighted by Crippen LogP contribution is -1.91. The average Bonchev–Trinajstić information content (AvgIpc) is 2.62. The maximum absolute atomic E-state index is 5.52. The van der Waals surface area contributed by atoms with Gasteiger partial charge in [-0.2, -0.15) is 0 Å². The van der Waals surface area contributed by atoms with Crippen LogP contribution in [0.15, 0.2) is 23.2 Å². The first-order valence-electron chi connectivity index (χ1n) is 3.56. The highest BCUT2D eigenvalue weighted by molar-refractivity contribution is 6.28. The summed E-state index contributed by atoms with van der Waals surface area (Å²) in [5, 5.41) is 7.51. The van der Waals surface area contributed by atoms with Crippen molar-refractivity contribution in [2.45, 2.75) is 6.42 Å². The Morgan fingerprint density at radius 2 is 2.08 bits per heavy atom. The molecule has 5 nitrogen and oxygen atoms in total. The van der Waals surface area contributed by atoms with E-state index in [4.69, 9.17) is 16.0 Å². The first-order valence-corrected chi connectivity index (χ1v) is 3.94. The molecule has 0 atom stereocenters. The smallest absolute Gasteiger partial charge is 0.222 e. The van der Waals surface area contributed by atoms with Crippen LogP contribution in [0.2, 0.25) is 5.28 Å². The number of aromatic nitrogens is 4. The molecule has 0 bridgehead atoms. The van der Waals surface area contributed by atoms with Crippen molar-refractivity contribution in [2.75, 3.05) is 0 Å². The van der Waals surface area contributed by atoms with E-state index in [1.807, 2.05) is 0 Å². The van der Waals surface area contributed by atoms with E-state index in [0.29, 0.717) is 12.3 Å². The van der Waals surface area contributed by atoms with Gasteiger partial charge in [-0.1, -0.05) is 0 Å². The summed E-state index contributed by atoms with van der Waals surface area (Å²) < 4.78 is 4.96. The van der Waals surface area contributed by atoms with Crippen molar-refractivity contribution in [1.82, 2.24) is 20.2 Å². The van der Waals surface area contributed by atoms with Crippen LogP contribution in [-0.4, -0.2) is 20.2 Å². The van der Waals surface area contributed by atoms with E-state index in [1.165, 1.54) is 6.39 Å². The molecule has 0 N–H and O–H groups in total. The van der Waals surface area contributed by atoms with Crippen molar-refractivity contribution in [3.8, 4) is 0 Å². The minimum absolute atomic E-state index is 0.231. The van der Waals surface area contributed by atoms with E-state index in [-0.39, 0.29) is 5.28 Å². The molecule has 13 heavy (non-hydrogen) atoms. The number of rotatable bonds is 2. The third-order valence-corrected chi connectivity index (χ3v) is 1.63. The number of nitrogens with zero attached hydrogens (tertiary/aromatic N) is 4. The Kier molecular flexibility index (Phi) is 2.18. The summed E-state index contributed by atoms with van der Waals surface area (Å²) >= 11 is 5.52. The third-order valence-electron chi connectivity index (χ3n) is 1.43. The molecule has 66 valence electrons. The molecule has 2 heterocycles. The van der Waals surface area contributed by atoms with Crippen molar-refractivity contribution in [1.29, 1.82) is 0 Å². The van der Waals surface area contributed by atoms with Crippen LogP contribution in [-0.2, 0) is 6.42 Å². The molecule has 0 saturated heterocycles. The van der Waals surface area contributed by atoms with Gasteiger partial charge in [0.15, 0.2) is 0 Å². The molecule has 6 heteroatoms. The fourth-order valence-electron chi connectivity index (χ4n) is 0.878. The zero-order chi connectivity index (χ0) is 9.10. The Morgan fingerprint density at radius 3 is 2.69 bits per heavy atom. The summed E-state index contributed by atoms with van der Waals surface area (Å²) in [5.74, 6) is 0.533. The molecular weight excluding hydrogens is 192 g/mol. The van der Waals surface area contributed by atoms with Crippen LogP contribution in [0.5, 0.6) is 0 Å². The molecule has 0 amide bonds. The highest BCUT2D eigenvalue weighted by atomic mass is 35.5. The van der Waals surface area contributed by atoms with E-state index in [0.717, 1.165) is 5.56 Å². The van der Waals surface area contributed by atoms with Crippen molar-refractivity contribution < 1.29 is 4.42 Å². The molecule has 0 spiro atoms. The first kappa shape index (κ1) is 8.12. The van der Waals surface area contributed by atoms with Crippen molar-refractivity contribution in [3.05, 3.63) is 35.5 Å². The molecule has 0 fully saturated rings. The van der Waals surface area contributed by atoms with Crippen molar-refractivity contribution >= 4 is 11.6 Å². The van der Waals surface area contributed by atoms with E-state index in [9.17, 15) is 0 Å². The minimum Gasteiger partial charge on any atom is -0.428 e. The van der Waals surface area contributed by atoms with Gasteiger partial charge in [0, 0.05) is 12.4 Å². The summed E-state index contributed by atoms with van der Waals surface area (Å²) in [6.45, 7) is 0. The molecule has 0 unspecified atom stereocenters. The van der Waals surface area contributed by atoms with Crippen LogP contribution in [0.4, 0.5) is 0 Å². The number of hydrogen-bond donors (Lipinski definition) is 0. The van der Waals surface area contributed by atoms with Gasteiger partial charge >= 0.3 is 0 Å². The summed E-state index contributed by atoms with van der Waals surface area (Å²) in [7, 11) is 0. The fourth-order valence-corrected chi connectivity index (χ4v) is 0.975. The second kappa shape index (κ2) is 3.49.